The molecule has 31 heavy (non-hydrogen) atoms. The molecule has 1 aliphatic carbocycles. The monoisotopic (exact) mass is 426 g/mol. The summed E-state index contributed by atoms with van der Waals surface area (Å²) in [5.74, 6) is -0.117. The van der Waals surface area contributed by atoms with Gasteiger partial charge in [-0.15, -0.1) is 0 Å². The Bertz CT molecular complexity index is 911. The number of esters is 1. The van der Waals surface area contributed by atoms with E-state index >= 15 is 0 Å². The molecule has 0 aromatic heterocycles. The van der Waals surface area contributed by atoms with Crippen molar-refractivity contribution in [2.75, 3.05) is 0 Å². The van der Waals surface area contributed by atoms with Crippen molar-refractivity contribution < 1.29 is 24.2 Å². The first kappa shape index (κ1) is 23.1. The Kier molecular flexibility index (Phi) is 7.24. The lowest BCUT2D eigenvalue weighted by Gasteiger charge is -2.35. The Balaban J connectivity index is 2.16. The van der Waals surface area contributed by atoms with Gasteiger partial charge in [0.15, 0.2) is 0 Å². The topological polar surface area (TPSA) is 72.8 Å². The molecule has 1 aliphatic heterocycles. The fraction of sp³-hybridized carbons (Fsp3) is 0.538. The molecule has 1 N–H and O–H groups in total. The van der Waals surface area contributed by atoms with Crippen molar-refractivity contribution in [3.63, 3.8) is 0 Å². The molecule has 5 heteroatoms. The molecule has 0 amide bonds. The second kappa shape index (κ2) is 9.71. The van der Waals surface area contributed by atoms with Crippen LogP contribution in [0.2, 0.25) is 0 Å². The summed E-state index contributed by atoms with van der Waals surface area (Å²) in [6.07, 6.45) is 6.71. The number of unbranched alkanes of at least 4 members (excludes halogenated alkanes) is 2. The molecular weight excluding hydrogens is 392 g/mol. The van der Waals surface area contributed by atoms with Gasteiger partial charge in [0.2, 0.25) is 0 Å². The zero-order valence-electron chi connectivity index (χ0n) is 19.1. The molecule has 0 saturated carbocycles. The van der Waals surface area contributed by atoms with E-state index in [-0.39, 0.29) is 29.8 Å². The summed E-state index contributed by atoms with van der Waals surface area (Å²) < 4.78 is 11.6. The lowest BCUT2D eigenvalue weighted by molar-refractivity contribution is -0.125. The Labute approximate surface area is 185 Å². The standard InChI is InChI=1S/C26H34O5/c1-6-7-8-9-18-14-21(28)24(20-12-16(4)10-11-19(20)15(2)3)25-23(18)26(29)31-22(30-25)13-17(5)27/h12,14,19-20,22,28H,2,6-11,13H2,1,3-5H3. The number of carbonyl (C=O) groups is 2. The molecule has 5 nitrogen and oxygen atoms in total. The molecule has 3 rings (SSSR count). The largest absolute Gasteiger partial charge is 0.507 e. The second-order valence-electron chi connectivity index (χ2n) is 9.02. The normalized spacial score (nSPS) is 22.8. The van der Waals surface area contributed by atoms with Crippen LogP contribution < -0.4 is 4.74 Å². The zero-order chi connectivity index (χ0) is 22.7. The van der Waals surface area contributed by atoms with Crippen molar-refractivity contribution in [1.29, 1.82) is 0 Å². The smallest absolute Gasteiger partial charge is 0.345 e. The first-order chi connectivity index (χ1) is 14.7. The van der Waals surface area contributed by atoms with Crippen LogP contribution in [-0.4, -0.2) is 23.1 Å². The van der Waals surface area contributed by atoms with Gasteiger partial charge in [-0.2, -0.15) is 0 Å². The molecule has 168 valence electrons. The first-order valence-electron chi connectivity index (χ1n) is 11.3. The Morgan fingerprint density at radius 1 is 1.26 bits per heavy atom. The van der Waals surface area contributed by atoms with Gasteiger partial charge in [-0.3, -0.25) is 4.79 Å². The van der Waals surface area contributed by atoms with Crippen molar-refractivity contribution in [1.82, 2.24) is 0 Å². The highest BCUT2D eigenvalue weighted by molar-refractivity contribution is 5.96. The molecule has 1 aromatic carbocycles. The summed E-state index contributed by atoms with van der Waals surface area (Å²) in [5.41, 5.74) is 4.00. The van der Waals surface area contributed by atoms with E-state index in [1.807, 2.05) is 6.92 Å². The van der Waals surface area contributed by atoms with E-state index < -0.39 is 12.3 Å². The lowest BCUT2D eigenvalue weighted by atomic mass is 9.73. The number of ketones is 1. The van der Waals surface area contributed by atoms with Crippen LogP contribution in [0.1, 0.15) is 93.6 Å². The number of benzene rings is 1. The Morgan fingerprint density at radius 3 is 2.65 bits per heavy atom. The number of ether oxygens (including phenoxy) is 2. The van der Waals surface area contributed by atoms with E-state index in [0.717, 1.165) is 43.2 Å². The summed E-state index contributed by atoms with van der Waals surface area (Å²) in [4.78, 5) is 24.7. The Morgan fingerprint density at radius 2 is 2.00 bits per heavy atom. The molecule has 3 unspecified atom stereocenters. The number of aryl methyl sites for hydroxylation is 1. The van der Waals surface area contributed by atoms with Crippen LogP contribution in [0, 0.1) is 5.92 Å². The third-order valence-corrected chi connectivity index (χ3v) is 6.29. The van der Waals surface area contributed by atoms with E-state index in [0.29, 0.717) is 23.3 Å². The summed E-state index contributed by atoms with van der Waals surface area (Å²) >= 11 is 0. The van der Waals surface area contributed by atoms with Crippen LogP contribution in [0.25, 0.3) is 0 Å². The summed E-state index contributed by atoms with van der Waals surface area (Å²) in [6, 6.07) is 1.70. The highest BCUT2D eigenvalue weighted by Crippen LogP contribution is 2.50. The highest BCUT2D eigenvalue weighted by Gasteiger charge is 2.38. The van der Waals surface area contributed by atoms with Gasteiger partial charge in [0, 0.05) is 11.5 Å². The zero-order valence-corrected chi connectivity index (χ0v) is 19.1. The third kappa shape index (κ3) is 5.03. The fourth-order valence-electron chi connectivity index (χ4n) is 4.70. The van der Waals surface area contributed by atoms with Crippen LogP contribution in [-0.2, 0) is 16.0 Å². The maximum absolute atomic E-state index is 13.0. The molecule has 0 spiro atoms. The van der Waals surface area contributed by atoms with Crippen molar-refractivity contribution in [2.24, 2.45) is 5.92 Å². The van der Waals surface area contributed by atoms with Crippen molar-refractivity contribution in [2.45, 2.75) is 84.8 Å². The molecule has 2 aliphatic rings. The highest BCUT2D eigenvalue weighted by atomic mass is 16.7. The van der Waals surface area contributed by atoms with Gasteiger partial charge in [0.05, 0.1) is 6.42 Å². The SMILES string of the molecule is C=C(C)C1CCC(C)=CC1c1c(O)cc(CCCCC)c2c1OC(CC(C)=O)OC2=O. The molecular formula is C26H34O5. The summed E-state index contributed by atoms with van der Waals surface area (Å²) in [6.45, 7) is 11.8. The van der Waals surface area contributed by atoms with Gasteiger partial charge in [0.1, 0.15) is 22.8 Å². The van der Waals surface area contributed by atoms with Crippen molar-refractivity contribution >= 4 is 11.8 Å². The number of fused-ring (bicyclic) bond motifs is 1. The van der Waals surface area contributed by atoms with E-state index in [1.54, 1.807) is 6.07 Å². The van der Waals surface area contributed by atoms with Gasteiger partial charge in [-0.1, -0.05) is 43.6 Å². The van der Waals surface area contributed by atoms with Gasteiger partial charge >= 0.3 is 5.97 Å². The van der Waals surface area contributed by atoms with Crippen LogP contribution in [0.5, 0.6) is 11.5 Å². The minimum Gasteiger partial charge on any atom is -0.507 e. The number of carbonyl (C=O) groups excluding carboxylic acids is 2. The number of allylic oxidation sites excluding steroid dienone is 3. The average Bonchev–Trinajstić information content (AvgIpc) is 2.67. The maximum atomic E-state index is 13.0. The molecule has 1 aromatic rings. The van der Waals surface area contributed by atoms with E-state index in [9.17, 15) is 14.7 Å². The average molecular weight is 427 g/mol. The van der Waals surface area contributed by atoms with Gasteiger partial charge in [0.25, 0.3) is 6.29 Å². The van der Waals surface area contributed by atoms with Crippen LogP contribution >= 0.6 is 0 Å². The molecule has 0 radical (unpaired) electrons. The number of cyclic esters (lactones) is 1. The number of hydrogen-bond donors (Lipinski definition) is 1. The minimum absolute atomic E-state index is 0.0190. The van der Waals surface area contributed by atoms with Crippen LogP contribution in [0.4, 0.5) is 0 Å². The maximum Gasteiger partial charge on any atom is 0.345 e. The van der Waals surface area contributed by atoms with Gasteiger partial charge < -0.3 is 14.6 Å². The van der Waals surface area contributed by atoms with Crippen molar-refractivity contribution in [3.8, 4) is 11.5 Å². The van der Waals surface area contributed by atoms with E-state index in [2.05, 4.69) is 26.5 Å². The van der Waals surface area contributed by atoms with Gasteiger partial charge in [-0.05, 0) is 64.0 Å². The van der Waals surface area contributed by atoms with Crippen LogP contribution in [0.15, 0.2) is 29.9 Å². The molecule has 1 heterocycles. The number of aromatic hydroxyl groups is 1. The van der Waals surface area contributed by atoms with E-state index in [4.69, 9.17) is 9.47 Å². The summed E-state index contributed by atoms with van der Waals surface area (Å²) in [5, 5.41) is 11.1. The van der Waals surface area contributed by atoms with Gasteiger partial charge in [-0.25, -0.2) is 4.79 Å². The predicted molar refractivity (Wildman–Crippen MR) is 121 cm³/mol. The quantitative estimate of drug-likeness (QED) is 0.314. The first-order valence-corrected chi connectivity index (χ1v) is 11.3. The summed E-state index contributed by atoms with van der Waals surface area (Å²) in [7, 11) is 0. The Hall–Kier alpha value is -2.56. The van der Waals surface area contributed by atoms with Crippen LogP contribution in [0.3, 0.4) is 0 Å². The predicted octanol–water partition coefficient (Wildman–Crippen LogP) is 6.00. The number of hydrogen-bond acceptors (Lipinski definition) is 5. The molecule has 3 atom stereocenters. The molecule has 0 fully saturated rings. The molecule has 0 bridgehead atoms. The number of phenolic OH excluding ortho intramolecular Hbond substituents is 1. The number of phenols is 1. The second-order valence-corrected chi connectivity index (χ2v) is 9.02. The minimum atomic E-state index is -0.974. The molecule has 0 saturated heterocycles. The third-order valence-electron chi connectivity index (χ3n) is 6.29. The lowest BCUT2D eigenvalue weighted by Crippen LogP contribution is -2.33. The number of Topliss-reactive ketones (excluding diaryl/α,β-unsaturated/α-hetero) is 1. The van der Waals surface area contributed by atoms with E-state index in [1.165, 1.54) is 12.5 Å². The van der Waals surface area contributed by atoms with Crippen molar-refractivity contribution in [3.05, 3.63) is 46.6 Å². The fourth-order valence-corrected chi connectivity index (χ4v) is 4.70. The number of rotatable bonds is 8.